The summed E-state index contributed by atoms with van der Waals surface area (Å²) >= 11 is 0. The van der Waals surface area contributed by atoms with Crippen molar-refractivity contribution in [3.8, 4) is 0 Å². The Hall–Kier alpha value is -1.75. The lowest BCUT2D eigenvalue weighted by molar-refractivity contribution is 0.151. The van der Waals surface area contributed by atoms with Crippen molar-refractivity contribution in [3.05, 3.63) is 52.8 Å². The van der Waals surface area contributed by atoms with Gasteiger partial charge in [0.05, 0.1) is 6.20 Å². The highest BCUT2D eigenvalue weighted by atomic mass is 19.3. The summed E-state index contributed by atoms with van der Waals surface area (Å²) in [6.07, 6.45) is -0.554. The van der Waals surface area contributed by atoms with Gasteiger partial charge in [-0.3, -0.25) is 4.68 Å². The van der Waals surface area contributed by atoms with Crippen molar-refractivity contribution in [2.24, 2.45) is 7.05 Å². The molecule has 108 valence electrons. The van der Waals surface area contributed by atoms with Gasteiger partial charge in [-0.1, -0.05) is 24.3 Å². The molecule has 0 aliphatic rings. The van der Waals surface area contributed by atoms with Crippen LogP contribution >= 0.6 is 0 Å². The highest BCUT2D eigenvalue weighted by molar-refractivity contribution is 5.24. The number of benzene rings is 1. The highest BCUT2D eigenvalue weighted by Crippen LogP contribution is 2.20. The number of hydrogen-bond donors (Lipinski definition) is 1. The Bertz CT molecular complexity index is 561. The van der Waals surface area contributed by atoms with Crippen molar-refractivity contribution in [1.82, 2.24) is 15.1 Å². The van der Waals surface area contributed by atoms with Crippen LogP contribution in [-0.2, 0) is 13.6 Å². The third kappa shape index (κ3) is 3.22. The van der Waals surface area contributed by atoms with Crippen LogP contribution in [0.15, 0.2) is 30.5 Å². The molecule has 0 aliphatic heterocycles. The van der Waals surface area contributed by atoms with Crippen LogP contribution in [0.4, 0.5) is 8.78 Å². The molecule has 1 heterocycles. The van der Waals surface area contributed by atoms with Crippen LogP contribution < -0.4 is 5.32 Å². The molecule has 5 heteroatoms. The SMILES string of the molecule is Cc1c(C(C)NCc2ccc(C(F)F)cc2)cnn1C. The average molecular weight is 279 g/mol. The summed E-state index contributed by atoms with van der Waals surface area (Å²) in [5, 5.41) is 7.59. The molecule has 0 spiro atoms. The second-order valence-corrected chi connectivity index (χ2v) is 4.95. The number of halogens is 2. The van der Waals surface area contributed by atoms with Crippen molar-refractivity contribution in [1.29, 1.82) is 0 Å². The summed E-state index contributed by atoms with van der Waals surface area (Å²) < 4.78 is 26.8. The molecule has 1 N–H and O–H groups in total. The third-order valence-corrected chi connectivity index (χ3v) is 3.58. The van der Waals surface area contributed by atoms with Crippen molar-refractivity contribution >= 4 is 0 Å². The van der Waals surface area contributed by atoms with E-state index >= 15 is 0 Å². The number of nitrogens with one attached hydrogen (secondary N) is 1. The quantitative estimate of drug-likeness (QED) is 0.907. The fourth-order valence-corrected chi connectivity index (χ4v) is 2.10. The van der Waals surface area contributed by atoms with E-state index in [-0.39, 0.29) is 11.6 Å². The summed E-state index contributed by atoms with van der Waals surface area (Å²) in [6.45, 7) is 4.73. The molecule has 1 unspecified atom stereocenters. The molecule has 1 aromatic carbocycles. The van der Waals surface area contributed by atoms with E-state index in [1.165, 1.54) is 12.1 Å². The highest BCUT2D eigenvalue weighted by Gasteiger charge is 2.11. The van der Waals surface area contributed by atoms with E-state index in [0.29, 0.717) is 6.54 Å². The summed E-state index contributed by atoms with van der Waals surface area (Å²) in [5.74, 6) is 0. The molecule has 1 atom stereocenters. The molecule has 0 saturated heterocycles. The van der Waals surface area contributed by atoms with E-state index in [9.17, 15) is 8.78 Å². The monoisotopic (exact) mass is 279 g/mol. The van der Waals surface area contributed by atoms with E-state index in [4.69, 9.17) is 0 Å². The zero-order valence-electron chi connectivity index (χ0n) is 11.9. The predicted molar refractivity (Wildman–Crippen MR) is 74.6 cm³/mol. The van der Waals surface area contributed by atoms with Crippen molar-refractivity contribution < 1.29 is 8.78 Å². The summed E-state index contributed by atoms with van der Waals surface area (Å²) in [5.41, 5.74) is 3.32. The smallest absolute Gasteiger partial charge is 0.263 e. The Morgan fingerprint density at radius 2 is 1.90 bits per heavy atom. The minimum Gasteiger partial charge on any atom is -0.306 e. The first-order valence-corrected chi connectivity index (χ1v) is 6.58. The van der Waals surface area contributed by atoms with Crippen LogP contribution in [0.1, 0.15) is 41.8 Å². The Labute approximate surface area is 117 Å². The van der Waals surface area contributed by atoms with Crippen LogP contribution in [0.5, 0.6) is 0 Å². The summed E-state index contributed by atoms with van der Waals surface area (Å²) in [7, 11) is 1.91. The molecule has 20 heavy (non-hydrogen) atoms. The molecular weight excluding hydrogens is 260 g/mol. The molecule has 0 fully saturated rings. The zero-order valence-corrected chi connectivity index (χ0v) is 11.9. The molecule has 0 saturated carbocycles. The lowest BCUT2D eigenvalue weighted by Crippen LogP contribution is -2.18. The average Bonchev–Trinajstić information content (AvgIpc) is 2.77. The molecule has 0 amide bonds. The second kappa shape index (κ2) is 6.13. The fraction of sp³-hybridized carbons (Fsp3) is 0.400. The Morgan fingerprint density at radius 1 is 1.25 bits per heavy atom. The maximum absolute atomic E-state index is 12.5. The van der Waals surface area contributed by atoms with Crippen LogP contribution in [0.2, 0.25) is 0 Å². The van der Waals surface area contributed by atoms with Gasteiger partial charge >= 0.3 is 0 Å². The molecule has 0 aliphatic carbocycles. The predicted octanol–water partition coefficient (Wildman–Crippen LogP) is 3.52. The van der Waals surface area contributed by atoms with Gasteiger partial charge in [-0.15, -0.1) is 0 Å². The lowest BCUT2D eigenvalue weighted by Gasteiger charge is -2.14. The first-order chi connectivity index (χ1) is 9.49. The van der Waals surface area contributed by atoms with Gasteiger partial charge in [-0.05, 0) is 19.4 Å². The van der Waals surface area contributed by atoms with Crippen LogP contribution in [0.25, 0.3) is 0 Å². The summed E-state index contributed by atoms with van der Waals surface area (Å²) in [4.78, 5) is 0. The first kappa shape index (κ1) is 14.7. The van der Waals surface area contributed by atoms with Gasteiger partial charge in [-0.25, -0.2) is 8.78 Å². The summed E-state index contributed by atoms with van der Waals surface area (Å²) in [6, 6.07) is 6.58. The minimum atomic E-state index is -2.41. The van der Waals surface area contributed by atoms with Gasteiger partial charge in [0.2, 0.25) is 0 Å². The van der Waals surface area contributed by atoms with Gasteiger partial charge in [0.15, 0.2) is 0 Å². The lowest BCUT2D eigenvalue weighted by atomic mass is 10.1. The van der Waals surface area contributed by atoms with Crippen LogP contribution in [0, 0.1) is 6.92 Å². The molecule has 0 radical (unpaired) electrons. The van der Waals surface area contributed by atoms with E-state index in [1.54, 1.807) is 12.1 Å². The van der Waals surface area contributed by atoms with E-state index in [0.717, 1.165) is 16.8 Å². The Morgan fingerprint density at radius 3 is 2.40 bits per heavy atom. The largest absolute Gasteiger partial charge is 0.306 e. The van der Waals surface area contributed by atoms with Crippen LogP contribution in [-0.4, -0.2) is 9.78 Å². The van der Waals surface area contributed by atoms with Crippen molar-refractivity contribution in [2.45, 2.75) is 32.9 Å². The Kier molecular flexibility index (Phi) is 4.49. The number of aryl methyl sites for hydroxylation is 1. The molecule has 0 bridgehead atoms. The molecule has 2 aromatic rings. The molecular formula is C15H19F2N3. The topological polar surface area (TPSA) is 29.9 Å². The molecule has 1 aromatic heterocycles. The number of aromatic nitrogens is 2. The zero-order chi connectivity index (χ0) is 14.7. The number of alkyl halides is 2. The minimum absolute atomic E-state index is 0.0601. The van der Waals surface area contributed by atoms with Gasteiger partial charge < -0.3 is 5.32 Å². The number of rotatable bonds is 5. The molecule has 2 rings (SSSR count). The second-order valence-electron chi connectivity index (χ2n) is 4.95. The van der Waals surface area contributed by atoms with Crippen LogP contribution in [0.3, 0.4) is 0 Å². The van der Waals surface area contributed by atoms with Gasteiger partial charge in [0, 0.05) is 36.5 Å². The van der Waals surface area contributed by atoms with E-state index in [1.807, 2.05) is 24.9 Å². The van der Waals surface area contributed by atoms with Crippen molar-refractivity contribution in [3.63, 3.8) is 0 Å². The van der Waals surface area contributed by atoms with E-state index < -0.39 is 6.43 Å². The Balaban J connectivity index is 1.96. The normalized spacial score (nSPS) is 12.9. The number of nitrogens with zero attached hydrogens (tertiary/aromatic N) is 2. The maximum Gasteiger partial charge on any atom is 0.263 e. The number of hydrogen-bond acceptors (Lipinski definition) is 2. The van der Waals surface area contributed by atoms with Gasteiger partial charge in [-0.2, -0.15) is 5.10 Å². The van der Waals surface area contributed by atoms with E-state index in [2.05, 4.69) is 17.3 Å². The third-order valence-electron chi connectivity index (χ3n) is 3.58. The molecule has 3 nitrogen and oxygen atoms in total. The van der Waals surface area contributed by atoms with Gasteiger partial charge in [0.1, 0.15) is 0 Å². The maximum atomic E-state index is 12.5. The van der Waals surface area contributed by atoms with Gasteiger partial charge in [0.25, 0.3) is 6.43 Å². The standard InChI is InChI=1S/C15H19F2N3/c1-10(14-9-19-20(3)11(14)2)18-8-12-4-6-13(7-5-12)15(16)17/h4-7,9-10,15,18H,8H2,1-3H3. The first-order valence-electron chi connectivity index (χ1n) is 6.58. The van der Waals surface area contributed by atoms with Crippen molar-refractivity contribution in [2.75, 3.05) is 0 Å². The fourth-order valence-electron chi connectivity index (χ4n) is 2.10.